The van der Waals surface area contributed by atoms with Gasteiger partial charge in [-0.3, -0.25) is 0 Å². The quantitative estimate of drug-likeness (QED) is 0.799. The number of hydrogen-bond donors (Lipinski definition) is 2. The molecule has 21 heavy (non-hydrogen) atoms. The summed E-state index contributed by atoms with van der Waals surface area (Å²) in [4.78, 5) is 7.77. The van der Waals surface area contributed by atoms with Crippen LogP contribution in [-0.4, -0.2) is 20.5 Å². The van der Waals surface area contributed by atoms with E-state index in [4.69, 9.17) is 0 Å². The SMILES string of the molecule is CC(C)N[Si](NC(C)C)(c1ccccc1)c1ccccc1. The van der Waals surface area contributed by atoms with E-state index in [1.807, 2.05) is 0 Å². The molecule has 0 aliphatic rings. The molecule has 0 unspecified atom stereocenters. The van der Waals surface area contributed by atoms with E-state index in [-0.39, 0.29) is 0 Å². The molecule has 0 saturated heterocycles. The molecule has 112 valence electrons. The first-order valence-corrected chi connectivity index (χ1v) is 9.71. The van der Waals surface area contributed by atoms with Crippen LogP contribution in [0.1, 0.15) is 27.7 Å². The van der Waals surface area contributed by atoms with Gasteiger partial charge in [0.15, 0.2) is 0 Å². The fourth-order valence-corrected chi connectivity index (χ4v) is 6.98. The lowest BCUT2D eigenvalue weighted by Gasteiger charge is -2.37. The van der Waals surface area contributed by atoms with E-state index in [1.54, 1.807) is 0 Å². The summed E-state index contributed by atoms with van der Waals surface area (Å²) in [6.07, 6.45) is 0. The third-order valence-corrected chi connectivity index (χ3v) is 7.84. The van der Waals surface area contributed by atoms with E-state index in [9.17, 15) is 0 Å². The molecule has 2 aromatic carbocycles. The van der Waals surface area contributed by atoms with Crippen molar-refractivity contribution >= 4 is 18.8 Å². The molecular weight excluding hydrogens is 272 g/mol. The molecule has 0 aromatic heterocycles. The molecule has 0 spiro atoms. The molecule has 0 saturated carbocycles. The molecule has 0 aliphatic heterocycles. The highest BCUT2D eigenvalue weighted by atomic mass is 28.3. The maximum atomic E-state index is 3.89. The minimum Gasteiger partial charge on any atom is -0.316 e. The van der Waals surface area contributed by atoms with Crippen LogP contribution in [0.25, 0.3) is 0 Å². The maximum absolute atomic E-state index is 3.89. The van der Waals surface area contributed by atoms with Gasteiger partial charge in [0, 0.05) is 0 Å². The van der Waals surface area contributed by atoms with E-state index in [2.05, 4.69) is 98.3 Å². The molecule has 2 aromatic rings. The van der Waals surface area contributed by atoms with Crippen molar-refractivity contribution in [1.82, 2.24) is 9.96 Å². The highest BCUT2D eigenvalue weighted by molar-refractivity contribution is 6.98. The van der Waals surface area contributed by atoms with Gasteiger partial charge in [-0.15, -0.1) is 0 Å². The van der Waals surface area contributed by atoms with E-state index < -0.39 is 8.40 Å². The van der Waals surface area contributed by atoms with Crippen LogP contribution in [0.5, 0.6) is 0 Å². The molecule has 3 heteroatoms. The summed E-state index contributed by atoms with van der Waals surface area (Å²) in [6, 6.07) is 22.5. The summed E-state index contributed by atoms with van der Waals surface area (Å²) in [5.74, 6) is 0. The second kappa shape index (κ2) is 7.03. The average Bonchev–Trinajstić information content (AvgIpc) is 2.47. The van der Waals surface area contributed by atoms with Crippen molar-refractivity contribution in [2.45, 2.75) is 39.8 Å². The van der Waals surface area contributed by atoms with Gasteiger partial charge in [0.1, 0.15) is 0 Å². The Kier molecular flexibility index (Phi) is 5.34. The van der Waals surface area contributed by atoms with Gasteiger partial charge in [0.05, 0.1) is 0 Å². The molecule has 0 atom stereocenters. The predicted octanol–water partition coefficient (Wildman–Crippen LogP) is 2.24. The minimum atomic E-state index is -2.17. The summed E-state index contributed by atoms with van der Waals surface area (Å²) >= 11 is 0. The Morgan fingerprint density at radius 3 is 1.24 bits per heavy atom. The van der Waals surface area contributed by atoms with Crippen molar-refractivity contribution in [3.05, 3.63) is 60.7 Å². The lowest BCUT2D eigenvalue weighted by molar-refractivity contribution is 0.677. The molecule has 0 amide bonds. The summed E-state index contributed by atoms with van der Waals surface area (Å²) in [6.45, 7) is 8.87. The largest absolute Gasteiger partial charge is 0.316 e. The van der Waals surface area contributed by atoms with Gasteiger partial charge in [-0.1, -0.05) is 88.4 Å². The summed E-state index contributed by atoms with van der Waals surface area (Å²) in [5, 5.41) is 2.75. The summed E-state index contributed by atoms with van der Waals surface area (Å²) < 4.78 is 0. The van der Waals surface area contributed by atoms with Crippen molar-refractivity contribution in [3.8, 4) is 0 Å². The second-order valence-corrected chi connectivity index (χ2v) is 9.31. The molecule has 0 bridgehead atoms. The van der Waals surface area contributed by atoms with Crippen LogP contribution in [0.4, 0.5) is 0 Å². The van der Waals surface area contributed by atoms with Crippen LogP contribution in [0, 0.1) is 0 Å². The minimum absolute atomic E-state index is 0.420. The third kappa shape index (κ3) is 3.82. The smallest absolute Gasteiger partial charge is 0.267 e. The zero-order valence-corrected chi connectivity index (χ0v) is 14.4. The Morgan fingerprint density at radius 1 is 0.619 bits per heavy atom. The standard InChI is InChI=1S/C18H26N2Si/c1-15(2)19-21(20-16(3)4,17-11-7-5-8-12-17)18-13-9-6-10-14-18/h5-16,19-20H,1-4H3. The number of hydrogen-bond acceptors (Lipinski definition) is 2. The van der Waals surface area contributed by atoms with E-state index in [0.29, 0.717) is 12.1 Å². The highest BCUT2D eigenvalue weighted by Gasteiger charge is 2.39. The van der Waals surface area contributed by atoms with Crippen LogP contribution in [0.3, 0.4) is 0 Å². The molecule has 2 rings (SSSR count). The van der Waals surface area contributed by atoms with Crippen LogP contribution < -0.4 is 20.3 Å². The Labute approximate surface area is 129 Å². The fraction of sp³-hybridized carbons (Fsp3) is 0.333. The topological polar surface area (TPSA) is 24.1 Å². The number of nitrogens with one attached hydrogen (secondary N) is 2. The molecular formula is C18H26N2Si. The van der Waals surface area contributed by atoms with Gasteiger partial charge < -0.3 is 9.96 Å². The Morgan fingerprint density at radius 2 is 0.952 bits per heavy atom. The van der Waals surface area contributed by atoms with E-state index in [1.165, 1.54) is 10.4 Å². The maximum Gasteiger partial charge on any atom is 0.267 e. The van der Waals surface area contributed by atoms with Gasteiger partial charge in [0.2, 0.25) is 0 Å². The first kappa shape index (κ1) is 16.0. The lowest BCUT2D eigenvalue weighted by Crippen LogP contribution is -2.80. The first-order chi connectivity index (χ1) is 10.0. The predicted molar refractivity (Wildman–Crippen MR) is 94.4 cm³/mol. The number of benzene rings is 2. The summed E-state index contributed by atoms with van der Waals surface area (Å²) in [5.41, 5.74) is 0. The molecule has 0 radical (unpaired) electrons. The third-order valence-electron chi connectivity index (χ3n) is 3.42. The number of rotatable bonds is 6. The molecule has 2 nitrogen and oxygen atoms in total. The van der Waals surface area contributed by atoms with Crippen LogP contribution in [-0.2, 0) is 0 Å². The lowest BCUT2D eigenvalue weighted by atomic mass is 10.4. The Hall–Kier alpha value is -1.42. The molecule has 0 heterocycles. The van der Waals surface area contributed by atoms with Gasteiger partial charge in [-0.2, -0.15) is 0 Å². The van der Waals surface area contributed by atoms with Crippen molar-refractivity contribution in [1.29, 1.82) is 0 Å². The fourth-order valence-electron chi connectivity index (χ4n) is 2.78. The first-order valence-electron chi connectivity index (χ1n) is 7.71. The molecule has 2 N–H and O–H groups in total. The van der Waals surface area contributed by atoms with Crippen molar-refractivity contribution in [2.75, 3.05) is 0 Å². The molecule has 0 aliphatic carbocycles. The average molecular weight is 299 g/mol. The van der Waals surface area contributed by atoms with E-state index >= 15 is 0 Å². The zero-order chi connectivity index (χ0) is 15.3. The second-order valence-electron chi connectivity index (χ2n) is 6.08. The van der Waals surface area contributed by atoms with Gasteiger partial charge in [0.25, 0.3) is 8.40 Å². The zero-order valence-electron chi connectivity index (χ0n) is 13.4. The van der Waals surface area contributed by atoms with Crippen LogP contribution >= 0.6 is 0 Å². The van der Waals surface area contributed by atoms with Crippen LogP contribution in [0.15, 0.2) is 60.7 Å². The van der Waals surface area contributed by atoms with Crippen molar-refractivity contribution in [3.63, 3.8) is 0 Å². The highest BCUT2D eigenvalue weighted by Crippen LogP contribution is 2.03. The Bertz CT molecular complexity index is 486. The van der Waals surface area contributed by atoms with Gasteiger partial charge in [-0.05, 0) is 22.5 Å². The van der Waals surface area contributed by atoms with Crippen LogP contribution in [0.2, 0.25) is 0 Å². The molecule has 0 fully saturated rings. The monoisotopic (exact) mass is 298 g/mol. The normalized spacial score (nSPS) is 12.1. The van der Waals surface area contributed by atoms with Gasteiger partial charge >= 0.3 is 0 Å². The van der Waals surface area contributed by atoms with E-state index in [0.717, 1.165) is 0 Å². The van der Waals surface area contributed by atoms with Crippen molar-refractivity contribution in [2.24, 2.45) is 0 Å². The Balaban J connectivity index is 2.59. The van der Waals surface area contributed by atoms with Crippen molar-refractivity contribution < 1.29 is 0 Å². The summed E-state index contributed by atoms with van der Waals surface area (Å²) in [7, 11) is -2.17. The van der Waals surface area contributed by atoms with Gasteiger partial charge in [-0.25, -0.2) is 0 Å².